The van der Waals surface area contributed by atoms with Crippen molar-refractivity contribution in [3.05, 3.63) is 59.3 Å². The molecule has 2 aliphatic rings. The molecule has 1 fully saturated rings. The smallest absolute Gasteiger partial charge is 0.314 e. The minimum atomic E-state index is -0.569. The van der Waals surface area contributed by atoms with Crippen LogP contribution in [0.4, 0.5) is 26.2 Å². The number of hydrogen-bond acceptors (Lipinski definition) is 7. The molecular formula is C25H27F2N7O. The van der Waals surface area contributed by atoms with Gasteiger partial charge in [-0.15, -0.1) is 0 Å². The monoisotopic (exact) mass is 479 g/mol. The van der Waals surface area contributed by atoms with E-state index in [1.807, 2.05) is 4.90 Å². The lowest BCUT2D eigenvalue weighted by molar-refractivity contribution is -0.115. The van der Waals surface area contributed by atoms with E-state index in [0.29, 0.717) is 30.3 Å². The van der Waals surface area contributed by atoms with Gasteiger partial charge in [0.2, 0.25) is 5.95 Å². The third-order valence-electron chi connectivity index (χ3n) is 5.82. The summed E-state index contributed by atoms with van der Waals surface area (Å²) in [4.78, 5) is 24.3. The Bertz CT molecular complexity index is 1220. The van der Waals surface area contributed by atoms with Crippen molar-refractivity contribution in [1.29, 1.82) is 0 Å². The Balaban J connectivity index is 1.38. The van der Waals surface area contributed by atoms with Crippen LogP contribution in [0.15, 0.2) is 42.0 Å². The number of hydrazine groups is 1. The highest BCUT2D eigenvalue weighted by Gasteiger charge is 2.21. The van der Waals surface area contributed by atoms with Crippen molar-refractivity contribution in [3.8, 4) is 11.8 Å². The quantitative estimate of drug-likeness (QED) is 0.433. The minimum absolute atomic E-state index is 0.0991. The molecule has 0 radical (unpaired) electrons. The van der Waals surface area contributed by atoms with Crippen molar-refractivity contribution in [3.63, 3.8) is 0 Å². The molecule has 2 heterocycles. The SMILES string of the molecule is CC#CC(=O)NNc1cc(C2=CC(CN3CCN(c4ccc(F)cc4F)CC3)=CCC2)nc(N)n1. The second-order valence-corrected chi connectivity index (χ2v) is 8.30. The minimum Gasteiger partial charge on any atom is -0.368 e. The molecular weight excluding hydrogens is 452 g/mol. The topological polar surface area (TPSA) is 99.4 Å². The van der Waals surface area contributed by atoms with Crippen molar-refractivity contribution < 1.29 is 13.6 Å². The number of allylic oxidation sites excluding steroid dienone is 2. The largest absolute Gasteiger partial charge is 0.368 e. The van der Waals surface area contributed by atoms with Gasteiger partial charge in [0.25, 0.3) is 0 Å². The second-order valence-electron chi connectivity index (χ2n) is 8.30. The number of halogens is 2. The third-order valence-corrected chi connectivity index (χ3v) is 5.82. The van der Waals surface area contributed by atoms with Gasteiger partial charge in [0.15, 0.2) is 5.82 Å². The summed E-state index contributed by atoms with van der Waals surface area (Å²) in [5.41, 5.74) is 14.4. The summed E-state index contributed by atoms with van der Waals surface area (Å²) in [7, 11) is 0. The van der Waals surface area contributed by atoms with Crippen LogP contribution in [0, 0.1) is 23.5 Å². The highest BCUT2D eigenvalue weighted by atomic mass is 19.1. The Hall–Kier alpha value is -3.97. The van der Waals surface area contributed by atoms with Gasteiger partial charge in [0, 0.05) is 44.9 Å². The molecule has 4 N–H and O–H groups in total. The molecule has 2 aromatic rings. The number of anilines is 3. The highest BCUT2D eigenvalue weighted by Crippen LogP contribution is 2.28. The molecule has 1 saturated heterocycles. The lowest BCUT2D eigenvalue weighted by Crippen LogP contribution is -2.47. The van der Waals surface area contributed by atoms with Gasteiger partial charge in [-0.05, 0) is 49.0 Å². The van der Waals surface area contributed by atoms with Crippen LogP contribution in [0.1, 0.15) is 25.5 Å². The van der Waals surface area contributed by atoms with Crippen LogP contribution in [-0.4, -0.2) is 53.5 Å². The van der Waals surface area contributed by atoms with Crippen LogP contribution >= 0.6 is 0 Å². The highest BCUT2D eigenvalue weighted by molar-refractivity contribution is 5.94. The number of nitrogens with two attached hydrogens (primary N) is 1. The molecule has 10 heteroatoms. The maximum atomic E-state index is 14.1. The van der Waals surface area contributed by atoms with Gasteiger partial charge in [-0.1, -0.05) is 18.1 Å². The van der Waals surface area contributed by atoms with E-state index < -0.39 is 17.5 Å². The molecule has 0 atom stereocenters. The van der Waals surface area contributed by atoms with Crippen LogP contribution in [0.3, 0.4) is 0 Å². The van der Waals surface area contributed by atoms with Gasteiger partial charge < -0.3 is 10.6 Å². The Morgan fingerprint density at radius 2 is 1.97 bits per heavy atom. The number of carbonyl (C=O) groups is 1. The summed E-state index contributed by atoms with van der Waals surface area (Å²) in [5.74, 6) is 3.79. The van der Waals surface area contributed by atoms with Gasteiger partial charge in [-0.25, -0.2) is 13.8 Å². The van der Waals surface area contributed by atoms with Crippen molar-refractivity contribution in [2.75, 3.05) is 48.8 Å². The first kappa shape index (κ1) is 24.2. The summed E-state index contributed by atoms with van der Waals surface area (Å²) in [6.45, 7) is 5.21. The molecule has 1 aromatic heterocycles. The number of nitrogen functional groups attached to an aromatic ring is 1. The molecule has 1 amide bonds. The number of nitrogens with zero attached hydrogens (tertiary/aromatic N) is 4. The number of hydrogen-bond donors (Lipinski definition) is 3. The summed E-state index contributed by atoms with van der Waals surface area (Å²) in [6.07, 6.45) is 6.01. The second kappa shape index (κ2) is 11.0. The standard InChI is InChI=1S/C25H27F2N7O/c1-2-4-24(35)32-31-23-15-21(29-25(28)30-23)18-6-3-5-17(13-18)16-33-9-11-34(12-10-33)22-8-7-19(26)14-20(22)27/h5,7-8,13-15H,3,6,9-12,16H2,1H3,(H,32,35)(H3,28,29,30,31). The van der Waals surface area contributed by atoms with Crippen molar-refractivity contribution in [1.82, 2.24) is 20.3 Å². The molecule has 1 aliphatic carbocycles. The maximum Gasteiger partial charge on any atom is 0.314 e. The molecule has 1 aromatic carbocycles. The molecule has 0 spiro atoms. The molecule has 182 valence electrons. The number of benzene rings is 1. The predicted octanol–water partition coefficient (Wildman–Crippen LogP) is 2.73. The van der Waals surface area contributed by atoms with E-state index in [1.54, 1.807) is 13.0 Å². The van der Waals surface area contributed by atoms with E-state index in [0.717, 1.165) is 44.1 Å². The van der Waals surface area contributed by atoms with Gasteiger partial charge >= 0.3 is 5.91 Å². The fourth-order valence-electron chi connectivity index (χ4n) is 4.18. The fraction of sp³-hybridized carbons (Fsp3) is 0.320. The average Bonchev–Trinajstić information content (AvgIpc) is 2.84. The van der Waals surface area contributed by atoms with Gasteiger partial charge in [0.1, 0.15) is 11.6 Å². The van der Waals surface area contributed by atoms with Crippen molar-refractivity contribution in [2.24, 2.45) is 0 Å². The first-order valence-corrected chi connectivity index (χ1v) is 11.4. The number of amides is 1. The fourth-order valence-corrected chi connectivity index (χ4v) is 4.18. The molecule has 1 aliphatic heterocycles. The van der Waals surface area contributed by atoms with E-state index in [1.165, 1.54) is 17.7 Å². The summed E-state index contributed by atoms with van der Waals surface area (Å²) in [5, 5.41) is 0. The zero-order valence-corrected chi connectivity index (χ0v) is 19.4. The van der Waals surface area contributed by atoms with Crippen LogP contribution < -0.4 is 21.5 Å². The molecule has 0 saturated carbocycles. The molecule has 4 rings (SSSR count). The number of aromatic nitrogens is 2. The zero-order valence-electron chi connectivity index (χ0n) is 19.4. The number of rotatable bonds is 6. The first-order chi connectivity index (χ1) is 16.9. The van der Waals surface area contributed by atoms with Gasteiger partial charge in [-0.2, -0.15) is 4.98 Å². The first-order valence-electron chi connectivity index (χ1n) is 11.4. The van der Waals surface area contributed by atoms with Crippen LogP contribution in [0.25, 0.3) is 5.57 Å². The van der Waals surface area contributed by atoms with Crippen LogP contribution in [0.5, 0.6) is 0 Å². The Morgan fingerprint density at radius 1 is 1.17 bits per heavy atom. The van der Waals surface area contributed by atoms with Crippen molar-refractivity contribution in [2.45, 2.75) is 19.8 Å². The molecule has 0 unspecified atom stereocenters. The van der Waals surface area contributed by atoms with E-state index >= 15 is 0 Å². The molecule has 8 nitrogen and oxygen atoms in total. The Labute approximate surface area is 202 Å². The van der Waals surface area contributed by atoms with Crippen molar-refractivity contribution >= 4 is 28.9 Å². The number of piperazine rings is 1. The van der Waals surface area contributed by atoms with E-state index in [4.69, 9.17) is 5.73 Å². The normalized spacial score (nSPS) is 16.0. The van der Waals surface area contributed by atoms with E-state index in [9.17, 15) is 13.6 Å². The van der Waals surface area contributed by atoms with Gasteiger partial charge in [-0.3, -0.25) is 20.5 Å². The summed E-state index contributed by atoms with van der Waals surface area (Å²) in [6, 6.07) is 5.45. The number of nitrogens with one attached hydrogen (secondary N) is 2. The lowest BCUT2D eigenvalue weighted by Gasteiger charge is -2.36. The molecule has 35 heavy (non-hydrogen) atoms. The Kier molecular flexibility index (Phi) is 7.57. The Morgan fingerprint density at radius 3 is 2.71 bits per heavy atom. The van der Waals surface area contributed by atoms with Gasteiger partial charge in [0.05, 0.1) is 11.4 Å². The van der Waals surface area contributed by atoms with E-state index in [-0.39, 0.29) is 5.95 Å². The summed E-state index contributed by atoms with van der Waals surface area (Å²) >= 11 is 0. The maximum absolute atomic E-state index is 14.1. The lowest BCUT2D eigenvalue weighted by atomic mass is 9.96. The van der Waals surface area contributed by atoms with Crippen LogP contribution in [0.2, 0.25) is 0 Å². The van der Waals surface area contributed by atoms with E-state index in [2.05, 4.69) is 49.7 Å². The zero-order chi connectivity index (χ0) is 24.8. The number of carbonyl (C=O) groups excluding carboxylic acids is 1. The molecule has 0 bridgehead atoms. The van der Waals surface area contributed by atoms with Crippen LogP contribution in [-0.2, 0) is 4.79 Å². The predicted molar refractivity (Wildman–Crippen MR) is 132 cm³/mol. The third kappa shape index (κ3) is 6.33. The summed E-state index contributed by atoms with van der Waals surface area (Å²) < 4.78 is 27.3. The average molecular weight is 480 g/mol.